The molecule has 63 heavy (non-hydrogen) atoms. The number of likely N-dealkylation sites (N-methyl/N-ethyl adjacent to an activating group) is 1. The molecule has 0 saturated heterocycles. The summed E-state index contributed by atoms with van der Waals surface area (Å²) in [7, 11) is 1.39. The molecule has 0 radical (unpaired) electrons. The van der Waals surface area contributed by atoms with Crippen molar-refractivity contribution in [1.82, 2.24) is 0 Å². The topological polar surface area (TPSA) is 129 Å². The zero-order valence-electron chi connectivity index (χ0n) is 40.9. The second-order valence-electron chi connectivity index (χ2n) is 18.0. The summed E-state index contributed by atoms with van der Waals surface area (Å²) in [5.41, 5.74) is 0. The Bertz CT molecular complexity index is 1270. The molecule has 3 atom stereocenters. The molecule has 0 heterocycles. The van der Waals surface area contributed by atoms with Crippen molar-refractivity contribution < 1.29 is 47.2 Å². The Morgan fingerprint density at radius 2 is 1.06 bits per heavy atom. The number of carbonyl (C=O) groups excluding carboxylic acids is 2. The third-order valence-corrected chi connectivity index (χ3v) is 11.6. The Labute approximate surface area is 386 Å². The van der Waals surface area contributed by atoms with Crippen LogP contribution in [0.5, 0.6) is 0 Å². The maximum Gasteiger partial charge on any atom is 0.472 e. The largest absolute Gasteiger partial charge is 0.472 e. The number of quaternary nitrogens is 1. The van der Waals surface area contributed by atoms with Gasteiger partial charge in [-0.3, -0.25) is 18.6 Å². The number of rotatable bonds is 45. The number of phosphoric ester groups is 1. The van der Waals surface area contributed by atoms with Crippen LogP contribution in [0.2, 0.25) is 0 Å². The Morgan fingerprint density at radius 3 is 1.67 bits per heavy atom. The van der Waals surface area contributed by atoms with Crippen molar-refractivity contribution in [2.75, 3.05) is 47.5 Å². The standard InChI is InChI=1S/C52H94NO9P/c1-6-8-10-12-14-16-17-18-19-20-21-22-23-24-25-26-27-29-31-35-39-43-51(55)59-47-50(48-61-63(57,58)60-46-45-53(3,4)5)62-52(56)44-40-36-32-34-38-42-49(54)41-37-33-30-28-15-13-11-9-7-2/h15,18-19,28,32-34,37-38,42,49-50,54H,6-14,16-17,20-27,29-31,35-36,39-41,43-48H2,1-5H3/p+1/b19-18-,28-15-,34-32+,37-33-,42-38-/t49?,50-/m1/s1. The number of carbonyl (C=O) groups is 2. The lowest BCUT2D eigenvalue weighted by atomic mass is 10.0. The lowest BCUT2D eigenvalue weighted by molar-refractivity contribution is -0.870. The third-order valence-electron chi connectivity index (χ3n) is 10.6. The highest BCUT2D eigenvalue weighted by Gasteiger charge is 2.27. The number of hydrogen-bond donors (Lipinski definition) is 2. The van der Waals surface area contributed by atoms with Gasteiger partial charge in [-0.05, 0) is 70.6 Å². The molecule has 0 aromatic rings. The van der Waals surface area contributed by atoms with Gasteiger partial charge in [0.25, 0.3) is 0 Å². The van der Waals surface area contributed by atoms with Crippen LogP contribution in [-0.2, 0) is 32.7 Å². The average Bonchev–Trinajstić information content (AvgIpc) is 3.23. The van der Waals surface area contributed by atoms with Gasteiger partial charge in [-0.2, -0.15) is 0 Å². The molecule has 0 saturated carbocycles. The first kappa shape index (κ1) is 60.7. The highest BCUT2D eigenvalue weighted by atomic mass is 31.2. The Hall–Kier alpha value is -2.33. The van der Waals surface area contributed by atoms with Crippen molar-refractivity contribution in [2.24, 2.45) is 0 Å². The van der Waals surface area contributed by atoms with Gasteiger partial charge < -0.3 is 24.0 Å². The molecule has 0 aliphatic heterocycles. The van der Waals surface area contributed by atoms with Crippen LogP contribution in [0.15, 0.2) is 60.8 Å². The molecule has 0 fully saturated rings. The molecule has 0 bridgehead atoms. The van der Waals surface area contributed by atoms with Crippen LogP contribution in [0.3, 0.4) is 0 Å². The Balaban J connectivity index is 4.41. The molecule has 2 N–H and O–H groups in total. The maximum atomic E-state index is 12.7. The quantitative estimate of drug-likeness (QED) is 0.0153. The molecule has 0 aromatic heterocycles. The highest BCUT2D eigenvalue weighted by molar-refractivity contribution is 7.47. The molecular weight excluding hydrogens is 814 g/mol. The molecule has 11 heteroatoms. The van der Waals surface area contributed by atoms with E-state index in [0.29, 0.717) is 30.3 Å². The number of hydrogen-bond acceptors (Lipinski definition) is 8. The minimum absolute atomic E-state index is 0.00420. The van der Waals surface area contributed by atoms with Crippen molar-refractivity contribution in [3.8, 4) is 0 Å². The summed E-state index contributed by atoms with van der Waals surface area (Å²) in [6.07, 6.45) is 50.2. The van der Waals surface area contributed by atoms with Gasteiger partial charge in [0.15, 0.2) is 6.10 Å². The fourth-order valence-corrected chi connectivity index (χ4v) is 7.35. The zero-order valence-corrected chi connectivity index (χ0v) is 41.8. The predicted octanol–water partition coefficient (Wildman–Crippen LogP) is 13.8. The van der Waals surface area contributed by atoms with E-state index in [1.165, 1.54) is 116 Å². The van der Waals surface area contributed by atoms with Crippen LogP contribution >= 0.6 is 7.82 Å². The van der Waals surface area contributed by atoms with Gasteiger partial charge in [0.1, 0.15) is 19.8 Å². The molecule has 0 spiro atoms. The second kappa shape index (κ2) is 43.6. The predicted molar refractivity (Wildman–Crippen MR) is 262 cm³/mol. The monoisotopic (exact) mass is 909 g/mol. The van der Waals surface area contributed by atoms with E-state index in [1.807, 2.05) is 39.4 Å². The lowest BCUT2D eigenvalue weighted by Crippen LogP contribution is -2.37. The normalized spacial score (nSPS) is 14.5. The van der Waals surface area contributed by atoms with E-state index in [4.69, 9.17) is 18.5 Å². The first-order valence-corrected chi connectivity index (χ1v) is 26.6. The molecule has 366 valence electrons. The summed E-state index contributed by atoms with van der Waals surface area (Å²) in [5.74, 6) is -0.928. The summed E-state index contributed by atoms with van der Waals surface area (Å²) in [4.78, 5) is 35.5. The number of aliphatic hydroxyl groups excluding tert-OH is 1. The third kappa shape index (κ3) is 47.5. The van der Waals surface area contributed by atoms with Crippen LogP contribution in [0.1, 0.15) is 200 Å². The summed E-state index contributed by atoms with van der Waals surface area (Å²) >= 11 is 0. The number of unbranched alkanes of at least 4 members (excludes halogenated alkanes) is 21. The van der Waals surface area contributed by atoms with Crippen LogP contribution in [-0.4, -0.2) is 86.1 Å². The lowest BCUT2D eigenvalue weighted by Gasteiger charge is -2.24. The van der Waals surface area contributed by atoms with Gasteiger partial charge >= 0.3 is 19.8 Å². The van der Waals surface area contributed by atoms with E-state index in [0.717, 1.165) is 38.5 Å². The van der Waals surface area contributed by atoms with Gasteiger partial charge in [0.2, 0.25) is 0 Å². The van der Waals surface area contributed by atoms with Crippen LogP contribution in [0.25, 0.3) is 0 Å². The minimum atomic E-state index is -4.42. The number of nitrogens with zero attached hydrogens (tertiary/aromatic N) is 1. The Morgan fingerprint density at radius 1 is 0.571 bits per heavy atom. The van der Waals surface area contributed by atoms with E-state index in [-0.39, 0.29) is 26.1 Å². The summed E-state index contributed by atoms with van der Waals surface area (Å²) in [6, 6.07) is 0. The Kier molecular flexibility index (Phi) is 41.9. The van der Waals surface area contributed by atoms with E-state index < -0.39 is 38.6 Å². The van der Waals surface area contributed by atoms with Crippen LogP contribution < -0.4 is 0 Å². The van der Waals surface area contributed by atoms with Crippen molar-refractivity contribution in [2.45, 2.75) is 212 Å². The van der Waals surface area contributed by atoms with E-state index >= 15 is 0 Å². The van der Waals surface area contributed by atoms with Gasteiger partial charge in [0.05, 0.1) is 33.9 Å². The molecular formula is C52H95NO9P+. The smallest absolute Gasteiger partial charge is 0.462 e. The minimum Gasteiger partial charge on any atom is -0.462 e. The van der Waals surface area contributed by atoms with Crippen LogP contribution in [0.4, 0.5) is 0 Å². The van der Waals surface area contributed by atoms with Gasteiger partial charge in [-0.1, -0.05) is 177 Å². The average molecular weight is 909 g/mol. The first-order valence-electron chi connectivity index (χ1n) is 25.1. The molecule has 0 rings (SSSR count). The molecule has 0 aliphatic carbocycles. The van der Waals surface area contributed by atoms with Crippen molar-refractivity contribution in [3.63, 3.8) is 0 Å². The molecule has 0 aliphatic rings. The van der Waals surface area contributed by atoms with Crippen LogP contribution in [0, 0.1) is 0 Å². The molecule has 0 amide bonds. The zero-order chi connectivity index (χ0) is 46.5. The van der Waals surface area contributed by atoms with Gasteiger partial charge in [0, 0.05) is 12.8 Å². The van der Waals surface area contributed by atoms with E-state index in [2.05, 4.69) is 44.2 Å². The second-order valence-corrected chi connectivity index (χ2v) is 19.5. The number of aliphatic hydroxyl groups is 1. The fraction of sp³-hybridized carbons (Fsp3) is 0.769. The number of allylic oxidation sites excluding steroid dienone is 8. The fourth-order valence-electron chi connectivity index (χ4n) is 6.61. The van der Waals surface area contributed by atoms with E-state index in [9.17, 15) is 24.2 Å². The van der Waals surface area contributed by atoms with Crippen molar-refractivity contribution in [3.05, 3.63) is 60.8 Å². The highest BCUT2D eigenvalue weighted by Crippen LogP contribution is 2.43. The number of ether oxygens (including phenoxy) is 2. The SMILES string of the molecule is CCCCC/C=C\C/C=C\CC(O)/C=C\C=C\CCCC(=O)O[C@H](COC(=O)CCCCCCCCCCCCC/C=C\CCCCCCCC)COP(=O)(O)OCC[N+](C)(C)C. The van der Waals surface area contributed by atoms with Crippen molar-refractivity contribution >= 4 is 19.8 Å². The molecule has 0 aromatic carbocycles. The number of phosphoric acid groups is 1. The number of esters is 2. The molecule has 10 nitrogen and oxygen atoms in total. The summed E-state index contributed by atoms with van der Waals surface area (Å²) in [5, 5.41) is 10.2. The van der Waals surface area contributed by atoms with Crippen molar-refractivity contribution in [1.29, 1.82) is 0 Å². The molecule has 2 unspecified atom stereocenters. The van der Waals surface area contributed by atoms with Gasteiger partial charge in [-0.15, -0.1) is 0 Å². The summed E-state index contributed by atoms with van der Waals surface area (Å²) in [6.45, 7) is 4.23. The van der Waals surface area contributed by atoms with Gasteiger partial charge in [-0.25, -0.2) is 4.57 Å². The van der Waals surface area contributed by atoms with E-state index in [1.54, 1.807) is 12.2 Å². The first-order chi connectivity index (χ1) is 30.4. The summed E-state index contributed by atoms with van der Waals surface area (Å²) < 4.78 is 34.3. The maximum absolute atomic E-state index is 12.7.